The van der Waals surface area contributed by atoms with E-state index in [-0.39, 0.29) is 17.9 Å². The molecule has 2 aliphatic carbocycles. The molecule has 0 bridgehead atoms. The number of amides is 1. The molecule has 2 N–H and O–H groups in total. The van der Waals surface area contributed by atoms with Crippen LogP contribution in [0.25, 0.3) is 0 Å². The lowest BCUT2D eigenvalue weighted by atomic mass is 9.91. The number of hydrogen-bond acceptors (Lipinski definition) is 2. The van der Waals surface area contributed by atoms with Crippen LogP contribution in [-0.2, 0) is 9.59 Å². The molecule has 0 saturated heterocycles. The molecule has 2 rings (SSSR count). The summed E-state index contributed by atoms with van der Waals surface area (Å²) in [6.07, 6.45) is 4.47. The third-order valence-corrected chi connectivity index (χ3v) is 4.77. The normalized spacial score (nSPS) is 37.2. The molecule has 0 spiro atoms. The lowest BCUT2D eigenvalue weighted by Crippen LogP contribution is -2.40. The van der Waals surface area contributed by atoms with Crippen LogP contribution in [0, 0.1) is 23.2 Å². The Kier molecular flexibility index (Phi) is 3.88. The summed E-state index contributed by atoms with van der Waals surface area (Å²) in [6, 6.07) is 0.229. The fraction of sp³-hybridized carbons (Fsp3) is 0.867. The third-order valence-electron chi connectivity index (χ3n) is 4.77. The molecule has 2 aliphatic rings. The Hall–Kier alpha value is -1.06. The van der Waals surface area contributed by atoms with Gasteiger partial charge in [0.15, 0.2) is 0 Å². The maximum Gasteiger partial charge on any atom is 0.307 e. The molecule has 4 unspecified atom stereocenters. The van der Waals surface area contributed by atoms with Crippen molar-refractivity contribution >= 4 is 11.9 Å². The van der Waals surface area contributed by atoms with Gasteiger partial charge in [-0.3, -0.25) is 9.59 Å². The average Bonchev–Trinajstić information content (AvgIpc) is 2.82. The fourth-order valence-corrected chi connectivity index (χ4v) is 3.72. The molecule has 1 amide bonds. The number of nitrogens with one attached hydrogen (secondary N) is 1. The van der Waals surface area contributed by atoms with Crippen molar-refractivity contribution < 1.29 is 14.7 Å². The molecule has 108 valence electrons. The maximum atomic E-state index is 12.3. The number of carbonyl (C=O) groups is 2. The van der Waals surface area contributed by atoms with Crippen LogP contribution in [0.4, 0.5) is 0 Å². The van der Waals surface area contributed by atoms with Gasteiger partial charge in [0.1, 0.15) is 0 Å². The van der Waals surface area contributed by atoms with Crippen LogP contribution in [0.3, 0.4) is 0 Å². The van der Waals surface area contributed by atoms with Crippen LogP contribution in [-0.4, -0.2) is 23.0 Å². The maximum absolute atomic E-state index is 12.3. The van der Waals surface area contributed by atoms with Gasteiger partial charge in [0.2, 0.25) is 5.91 Å². The molecule has 2 fully saturated rings. The summed E-state index contributed by atoms with van der Waals surface area (Å²) < 4.78 is 0. The van der Waals surface area contributed by atoms with E-state index in [4.69, 9.17) is 0 Å². The zero-order chi connectivity index (χ0) is 14.2. The highest BCUT2D eigenvalue weighted by Gasteiger charge is 2.42. The Bertz CT molecular complexity index is 378. The summed E-state index contributed by atoms with van der Waals surface area (Å²) >= 11 is 0. The second-order valence-corrected chi connectivity index (χ2v) is 7.24. The largest absolute Gasteiger partial charge is 0.481 e. The Balaban J connectivity index is 1.94. The van der Waals surface area contributed by atoms with E-state index in [2.05, 4.69) is 19.2 Å². The molecular formula is C15H25NO3. The summed E-state index contributed by atoms with van der Waals surface area (Å²) in [5.74, 6) is -1.37. The van der Waals surface area contributed by atoms with Gasteiger partial charge in [-0.25, -0.2) is 0 Å². The third kappa shape index (κ3) is 3.28. The van der Waals surface area contributed by atoms with E-state index in [1.165, 1.54) is 0 Å². The Morgan fingerprint density at radius 3 is 2.37 bits per heavy atom. The Morgan fingerprint density at radius 2 is 1.84 bits per heavy atom. The molecule has 0 aromatic rings. The number of carboxylic acids is 1. The number of carboxylic acid groups (broad SMARTS) is 1. The van der Waals surface area contributed by atoms with Gasteiger partial charge in [-0.1, -0.05) is 20.8 Å². The summed E-state index contributed by atoms with van der Waals surface area (Å²) in [5.41, 5.74) is 0.299. The van der Waals surface area contributed by atoms with Crippen LogP contribution in [0.1, 0.15) is 52.9 Å². The molecule has 4 heteroatoms. The number of aliphatic carboxylic acids is 1. The SMILES string of the molecule is CC1CC(C(=O)O)C(C(=O)NC2CCC(C)(C)C2)C1. The van der Waals surface area contributed by atoms with Crippen LogP contribution in [0.2, 0.25) is 0 Å². The predicted octanol–water partition coefficient (Wildman–Crippen LogP) is 2.43. The van der Waals surface area contributed by atoms with E-state index in [1.54, 1.807) is 0 Å². The molecule has 4 nitrogen and oxygen atoms in total. The van der Waals surface area contributed by atoms with Crippen LogP contribution >= 0.6 is 0 Å². The lowest BCUT2D eigenvalue weighted by Gasteiger charge is -2.21. The van der Waals surface area contributed by atoms with E-state index in [1.807, 2.05) is 6.92 Å². The van der Waals surface area contributed by atoms with E-state index in [0.717, 1.165) is 19.3 Å². The van der Waals surface area contributed by atoms with Crippen molar-refractivity contribution in [3.8, 4) is 0 Å². The van der Waals surface area contributed by atoms with Gasteiger partial charge in [-0.05, 0) is 43.4 Å². The zero-order valence-electron chi connectivity index (χ0n) is 12.1. The molecule has 0 aliphatic heterocycles. The van der Waals surface area contributed by atoms with E-state index in [9.17, 15) is 14.7 Å². The minimum absolute atomic E-state index is 0.0422. The highest BCUT2D eigenvalue weighted by molar-refractivity contribution is 5.85. The fourth-order valence-electron chi connectivity index (χ4n) is 3.72. The van der Waals surface area contributed by atoms with Crippen molar-refractivity contribution in [2.45, 2.75) is 58.9 Å². The number of rotatable bonds is 3. The van der Waals surface area contributed by atoms with Gasteiger partial charge in [-0.2, -0.15) is 0 Å². The van der Waals surface area contributed by atoms with E-state index >= 15 is 0 Å². The summed E-state index contributed by atoms with van der Waals surface area (Å²) in [5, 5.41) is 12.3. The molecule has 2 saturated carbocycles. The highest BCUT2D eigenvalue weighted by atomic mass is 16.4. The number of hydrogen-bond donors (Lipinski definition) is 2. The van der Waals surface area contributed by atoms with Gasteiger partial charge in [-0.15, -0.1) is 0 Å². The van der Waals surface area contributed by atoms with Crippen molar-refractivity contribution in [1.29, 1.82) is 0 Å². The quantitative estimate of drug-likeness (QED) is 0.825. The molecule has 4 atom stereocenters. The summed E-state index contributed by atoms with van der Waals surface area (Å²) in [7, 11) is 0. The second kappa shape index (κ2) is 5.14. The van der Waals surface area contributed by atoms with Crippen molar-refractivity contribution in [3.63, 3.8) is 0 Å². The smallest absolute Gasteiger partial charge is 0.307 e. The van der Waals surface area contributed by atoms with Crippen molar-refractivity contribution in [1.82, 2.24) is 5.32 Å². The average molecular weight is 267 g/mol. The first kappa shape index (κ1) is 14.4. The van der Waals surface area contributed by atoms with Gasteiger partial charge in [0.25, 0.3) is 0 Å². The monoisotopic (exact) mass is 267 g/mol. The molecule has 0 radical (unpaired) electrons. The highest BCUT2D eigenvalue weighted by Crippen LogP contribution is 2.39. The van der Waals surface area contributed by atoms with Crippen LogP contribution in [0.5, 0.6) is 0 Å². The predicted molar refractivity (Wildman–Crippen MR) is 72.6 cm³/mol. The molecular weight excluding hydrogens is 242 g/mol. The number of carbonyl (C=O) groups excluding carboxylic acids is 1. The first-order chi connectivity index (χ1) is 8.78. The van der Waals surface area contributed by atoms with Gasteiger partial charge in [0.05, 0.1) is 11.8 Å². The van der Waals surface area contributed by atoms with E-state index in [0.29, 0.717) is 24.2 Å². The summed E-state index contributed by atoms with van der Waals surface area (Å²) in [4.78, 5) is 23.5. The molecule has 0 aromatic carbocycles. The van der Waals surface area contributed by atoms with Gasteiger partial charge >= 0.3 is 5.97 Å². The molecule has 0 heterocycles. The first-order valence-electron chi connectivity index (χ1n) is 7.32. The lowest BCUT2D eigenvalue weighted by molar-refractivity contribution is -0.146. The van der Waals surface area contributed by atoms with Gasteiger partial charge in [0, 0.05) is 6.04 Å². The van der Waals surface area contributed by atoms with Crippen LogP contribution < -0.4 is 5.32 Å². The van der Waals surface area contributed by atoms with Crippen LogP contribution in [0.15, 0.2) is 0 Å². The minimum atomic E-state index is -0.823. The van der Waals surface area contributed by atoms with Gasteiger partial charge < -0.3 is 10.4 Å². The minimum Gasteiger partial charge on any atom is -0.481 e. The summed E-state index contributed by atoms with van der Waals surface area (Å²) in [6.45, 7) is 6.47. The van der Waals surface area contributed by atoms with Crippen molar-refractivity contribution in [2.24, 2.45) is 23.2 Å². The Labute approximate surface area is 115 Å². The van der Waals surface area contributed by atoms with E-state index < -0.39 is 11.9 Å². The second-order valence-electron chi connectivity index (χ2n) is 7.24. The molecule has 19 heavy (non-hydrogen) atoms. The first-order valence-corrected chi connectivity index (χ1v) is 7.32. The standard InChI is InChI=1S/C15H25NO3/c1-9-6-11(12(7-9)14(18)19)13(17)16-10-4-5-15(2,3)8-10/h9-12H,4-8H2,1-3H3,(H,16,17)(H,18,19). The zero-order valence-corrected chi connectivity index (χ0v) is 12.1. The molecule has 0 aromatic heterocycles. The Morgan fingerprint density at radius 1 is 1.21 bits per heavy atom. The topological polar surface area (TPSA) is 66.4 Å². The van der Waals surface area contributed by atoms with Crippen molar-refractivity contribution in [2.75, 3.05) is 0 Å². The van der Waals surface area contributed by atoms with Crippen molar-refractivity contribution in [3.05, 3.63) is 0 Å².